The van der Waals surface area contributed by atoms with Gasteiger partial charge in [-0.25, -0.2) is 0 Å². The Morgan fingerprint density at radius 1 is 1.40 bits per heavy atom. The zero-order valence-corrected chi connectivity index (χ0v) is 13.0. The minimum absolute atomic E-state index is 0.533. The average molecular weight is 273 g/mol. The molecule has 1 aromatic rings. The zero-order valence-electron chi connectivity index (χ0n) is 13.0. The molecular weight excluding hydrogens is 246 g/mol. The van der Waals surface area contributed by atoms with Gasteiger partial charge in [0.05, 0.1) is 0 Å². The molecule has 1 aliphatic rings. The summed E-state index contributed by atoms with van der Waals surface area (Å²) >= 11 is 0. The summed E-state index contributed by atoms with van der Waals surface area (Å²) in [5, 5.41) is 3.65. The lowest BCUT2D eigenvalue weighted by Gasteiger charge is -2.27. The van der Waals surface area contributed by atoms with E-state index in [2.05, 4.69) is 50.4 Å². The molecule has 0 fully saturated rings. The van der Waals surface area contributed by atoms with Crippen molar-refractivity contribution in [2.45, 2.75) is 52.5 Å². The molecule has 2 rings (SSSR count). The number of hydrogen-bond acceptors (Lipinski definition) is 2. The topological polar surface area (TPSA) is 21.3 Å². The van der Waals surface area contributed by atoms with Gasteiger partial charge >= 0.3 is 0 Å². The van der Waals surface area contributed by atoms with E-state index in [1.807, 2.05) is 0 Å². The molecule has 1 atom stereocenters. The zero-order chi connectivity index (χ0) is 14.4. The lowest BCUT2D eigenvalue weighted by molar-refractivity contribution is 0.360. The van der Waals surface area contributed by atoms with E-state index in [0.29, 0.717) is 12.6 Å². The highest BCUT2D eigenvalue weighted by atomic mass is 16.5. The number of fused-ring (bicyclic) bond motifs is 1. The molecule has 0 aliphatic heterocycles. The second-order valence-electron chi connectivity index (χ2n) is 5.85. The molecule has 0 spiro atoms. The Morgan fingerprint density at radius 3 is 3.00 bits per heavy atom. The van der Waals surface area contributed by atoms with E-state index in [1.54, 1.807) is 0 Å². The van der Waals surface area contributed by atoms with Gasteiger partial charge in [-0.3, -0.25) is 0 Å². The van der Waals surface area contributed by atoms with Gasteiger partial charge in [0, 0.05) is 6.04 Å². The molecule has 0 amide bonds. The molecule has 1 unspecified atom stereocenters. The first kappa shape index (κ1) is 15.1. The Hall–Kier alpha value is -1.28. The number of nitrogens with one attached hydrogen (secondary N) is 1. The number of aryl methyl sites for hydroxylation is 1. The van der Waals surface area contributed by atoms with Crippen LogP contribution in [0.3, 0.4) is 0 Å². The molecule has 2 heteroatoms. The minimum atomic E-state index is 0.533. The van der Waals surface area contributed by atoms with Crippen molar-refractivity contribution in [2.75, 3.05) is 13.2 Å². The normalized spacial score (nSPS) is 17.4. The standard InChI is InChI=1S/C18H27NO/c1-4-11-19-18-7-5-6-15-13-16(8-9-17(15)18)20-12-10-14(2)3/h8-10,13,18-19H,4-7,11-12H2,1-3H3. The molecule has 0 heterocycles. The van der Waals surface area contributed by atoms with Crippen molar-refractivity contribution in [2.24, 2.45) is 0 Å². The first-order valence-corrected chi connectivity index (χ1v) is 7.83. The maximum absolute atomic E-state index is 5.80. The quantitative estimate of drug-likeness (QED) is 0.775. The third kappa shape index (κ3) is 4.11. The number of rotatable bonds is 6. The largest absolute Gasteiger partial charge is 0.490 e. The van der Waals surface area contributed by atoms with Gasteiger partial charge in [-0.2, -0.15) is 0 Å². The van der Waals surface area contributed by atoms with Crippen LogP contribution in [0.5, 0.6) is 5.75 Å². The summed E-state index contributed by atoms with van der Waals surface area (Å²) in [6.07, 6.45) is 7.01. The van der Waals surface area contributed by atoms with Gasteiger partial charge in [0.15, 0.2) is 0 Å². The van der Waals surface area contributed by atoms with Crippen LogP contribution in [0.25, 0.3) is 0 Å². The summed E-state index contributed by atoms with van der Waals surface area (Å²) in [6, 6.07) is 7.13. The van der Waals surface area contributed by atoms with Crippen molar-refractivity contribution >= 4 is 0 Å². The summed E-state index contributed by atoms with van der Waals surface area (Å²) in [4.78, 5) is 0. The molecule has 1 N–H and O–H groups in total. The van der Waals surface area contributed by atoms with E-state index in [-0.39, 0.29) is 0 Å². The highest BCUT2D eigenvalue weighted by Gasteiger charge is 2.19. The fourth-order valence-electron chi connectivity index (χ4n) is 2.72. The Morgan fingerprint density at radius 2 is 2.25 bits per heavy atom. The van der Waals surface area contributed by atoms with Crippen molar-refractivity contribution in [1.29, 1.82) is 0 Å². The van der Waals surface area contributed by atoms with Crippen LogP contribution >= 0.6 is 0 Å². The molecule has 1 aliphatic carbocycles. The number of benzene rings is 1. The molecule has 0 saturated heterocycles. The molecular formula is C18H27NO. The number of allylic oxidation sites excluding steroid dienone is 1. The number of hydrogen-bond donors (Lipinski definition) is 1. The third-order valence-electron chi connectivity index (χ3n) is 3.81. The Labute approximate surface area is 123 Å². The molecule has 0 bridgehead atoms. The molecule has 0 aromatic heterocycles. The maximum Gasteiger partial charge on any atom is 0.120 e. The molecule has 0 saturated carbocycles. The fourth-order valence-corrected chi connectivity index (χ4v) is 2.72. The van der Waals surface area contributed by atoms with Crippen LogP contribution in [0.15, 0.2) is 29.8 Å². The van der Waals surface area contributed by atoms with Crippen LogP contribution in [0.1, 0.15) is 57.2 Å². The Bertz CT molecular complexity index is 460. The van der Waals surface area contributed by atoms with Crippen LogP contribution < -0.4 is 10.1 Å². The second-order valence-corrected chi connectivity index (χ2v) is 5.85. The van der Waals surface area contributed by atoms with Gasteiger partial charge in [0.25, 0.3) is 0 Å². The highest BCUT2D eigenvalue weighted by Crippen LogP contribution is 2.32. The van der Waals surface area contributed by atoms with Crippen LogP contribution in [0, 0.1) is 0 Å². The van der Waals surface area contributed by atoms with Crippen LogP contribution in [-0.2, 0) is 6.42 Å². The summed E-state index contributed by atoms with van der Waals surface area (Å²) in [5.74, 6) is 0.998. The van der Waals surface area contributed by atoms with Crippen molar-refractivity contribution in [3.8, 4) is 5.75 Å². The van der Waals surface area contributed by atoms with Crippen molar-refractivity contribution in [3.63, 3.8) is 0 Å². The minimum Gasteiger partial charge on any atom is -0.490 e. The average Bonchev–Trinajstić information content (AvgIpc) is 2.44. The fraction of sp³-hybridized carbons (Fsp3) is 0.556. The van der Waals surface area contributed by atoms with Gasteiger partial charge in [0.1, 0.15) is 12.4 Å². The van der Waals surface area contributed by atoms with E-state index in [1.165, 1.54) is 42.4 Å². The molecule has 20 heavy (non-hydrogen) atoms. The maximum atomic E-state index is 5.80. The van der Waals surface area contributed by atoms with Crippen molar-refractivity contribution in [1.82, 2.24) is 5.32 Å². The lowest BCUT2D eigenvalue weighted by atomic mass is 9.87. The Balaban J connectivity index is 2.04. The third-order valence-corrected chi connectivity index (χ3v) is 3.81. The van der Waals surface area contributed by atoms with Crippen molar-refractivity contribution < 1.29 is 4.74 Å². The summed E-state index contributed by atoms with van der Waals surface area (Å²) in [5.41, 5.74) is 4.23. The van der Waals surface area contributed by atoms with Crippen LogP contribution in [0.4, 0.5) is 0 Å². The van der Waals surface area contributed by atoms with E-state index in [4.69, 9.17) is 4.74 Å². The molecule has 0 radical (unpaired) electrons. The van der Waals surface area contributed by atoms with E-state index < -0.39 is 0 Å². The summed E-state index contributed by atoms with van der Waals surface area (Å²) in [7, 11) is 0. The van der Waals surface area contributed by atoms with Gasteiger partial charge in [-0.1, -0.05) is 18.6 Å². The molecule has 110 valence electrons. The lowest BCUT2D eigenvalue weighted by Crippen LogP contribution is -2.25. The van der Waals surface area contributed by atoms with Gasteiger partial charge in [-0.05, 0) is 75.4 Å². The number of ether oxygens (including phenoxy) is 1. The van der Waals surface area contributed by atoms with Gasteiger partial charge in [0.2, 0.25) is 0 Å². The SMILES string of the molecule is CCCNC1CCCc2cc(OCC=C(C)C)ccc21. The summed E-state index contributed by atoms with van der Waals surface area (Å²) < 4.78 is 5.80. The predicted molar refractivity (Wildman–Crippen MR) is 85.3 cm³/mol. The monoisotopic (exact) mass is 273 g/mol. The molecule has 2 nitrogen and oxygen atoms in total. The Kier molecular flexibility index (Phi) is 5.66. The first-order valence-electron chi connectivity index (χ1n) is 7.83. The van der Waals surface area contributed by atoms with E-state index in [0.717, 1.165) is 12.3 Å². The van der Waals surface area contributed by atoms with E-state index >= 15 is 0 Å². The first-order chi connectivity index (χ1) is 9.70. The van der Waals surface area contributed by atoms with Crippen LogP contribution in [-0.4, -0.2) is 13.2 Å². The smallest absolute Gasteiger partial charge is 0.120 e. The van der Waals surface area contributed by atoms with Crippen LogP contribution in [0.2, 0.25) is 0 Å². The van der Waals surface area contributed by atoms with Gasteiger partial charge < -0.3 is 10.1 Å². The summed E-state index contributed by atoms with van der Waals surface area (Å²) in [6.45, 7) is 8.18. The molecule has 1 aromatic carbocycles. The van der Waals surface area contributed by atoms with E-state index in [9.17, 15) is 0 Å². The van der Waals surface area contributed by atoms with Crippen molar-refractivity contribution in [3.05, 3.63) is 41.0 Å². The predicted octanol–water partition coefficient (Wildman–Crippen LogP) is 4.41. The van der Waals surface area contributed by atoms with Gasteiger partial charge in [-0.15, -0.1) is 0 Å². The highest BCUT2D eigenvalue weighted by molar-refractivity contribution is 5.39. The second kappa shape index (κ2) is 7.49.